The first kappa shape index (κ1) is 17.4. The minimum atomic E-state index is 0.130. The lowest BCUT2D eigenvalue weighted by Crippen LogP contribution is -2.57. The number of benzene rings is 1. The number of carbonyl (C=O) groups is 1. The van der Waals surface area contributed by atoms with Crippen LogP contribution in [0.25, 0.3) is 11.4 Å². The summed E-state index contributed by atoms with van der Waals surface area (Å²) < 4.78 is 10.4. The van der Waals surface area contributed by atoms with Crippen LogP contribution < -0.4 is 10.1 Å². The Morgan fingerprint density at radius 3 is 2.84 bits per heavy atom. The molecule has 1 N–H and O–H groups in total. The number of rotatable bonds is 5. The summed E-state index contributed by atoms with van der Waals surface area (Å²) in [5, 5.41) is 7.37. The summed E-state index contributed by atoms with van der Waals surface area (Å²) in [4.78, 5) is 18.8. The molecule has 0 spiro atoms. The second kappa shape index (κ2) is 7.65. The van der Waals surface area contributed by atoms with Crippen LogP contribution in [0.2, 0.25) is 0 Å². The van der Waals surface area contributed by atoms with Crippen LogP contribution in [0.1, 0.15) is 26.2 Å². The van der Waals surface area contributed by atoms with Gasteiger partial charge in [-0.15, -0.1) is 0 Å². The van der Waals surface area contributed by atoms with Crippen molar-refractivity contribution in [3.05, 3.63) is 30.2 Å². The van der Waals surface area contributed by atoms with Crippen LogP contribution in [0, 0.1) is 0 Å². The number of hydrogen-bond donors (Lipinski definition) is 1. The van der Waals surface area contributed by atoms with Gasteiger partial charge in [0, 0.05) is 43.6 Å². The number of hydrogen-bond acceptors (Lipinski definition) is 6. The Hall–Kier alpha value is -2.41. The summed E-state index contributed by atoms with van der Waals surface area (Å²) in [6.07, 6.45) is 0.828. The van der Waals surface area contributed by atoms with Crippen molar-refractivity contribution in [2.24, 2.45) is 0 Å². The Balaban J connectivity index is 1.58. The van der Waals surface area contributed by atoms with Crippen LogP contribution >= 0.6 is 0 Å². The molecule has 1 saturated heterocycles. The molecule has 1 aromatic heterocycles. The Bertz CT molecular complexity index is 713. The zero-order valence-corrected chi connectivity index (χ0v) is 14.9. The second-order valence-electron chi connectivity index (χ2n) is 6.31. The van der Waals surface area contributed by atoms with Gasteiger partial charge in [0.2, 0.25) is 17.6 Å². The molecule has 7 nitrogen and oxygen atoms in total. The number of nitrogens with zero attached hydrogens (tertiary/aromatic N) is 3. The van der Waals surface area contributed by atoms with E-state index >= 15 is 0 Å². The van der Waals surface area contributed by atoms with Gasteiger partial charge in [0.25, 0.3) is 0 Å². The van der Waals surface area contributed by atoms with E-state index in [1.54, 1.807) is 7.11 Å². The van der Waals surface area contributed by atoms with Crippen LogP contribution in [-0.2, 0) is 11.2 Å². The average molecular weight is 344 g/mol. The topological polar surface area (TPSA) is 80.5 Å². The van der Waals surface area contributed by atoms with E-state index in [1.165, 1.54) is 0 Å². The van der Waals surface area contributed by atoms with E-state index in [2.05, 4.69) is 29.3 Å². The molecule has 3 rings (SSSR count). The summed E-state index contributed by atoms with van der Waals surface area (Å²) in [6, 6.07) is 7.95. The van der Waals surface area contributed by atoms with Gasteiger partial charge in [0.15, 0.2) is 0 Å². The molecule has 0 aliphatic carbocycles. The van der Waals surface area contributed by atoms with E-state index in [1.807, 2.05) is 29.2 Å². The van der Waals surface area contributed by atoms with E-state index in [0.29, 0.717) is 30.6 Å². The molecule has 2 aromatic rings. The zero-order chi connectivity index (χ0) is 17.8. The molecule has 0 radical (unpaired) electrons. The van der Waals surface area contributed by atoms with Crippen molar-refractivity contribution >= 4 is 5.91 Å². The maximum absolute atomic E-state index is 12.5. The van der Waals surface area contributed by atoms with E-state index in [4.69, 9.17) is 9.26 Å². The van der Waals surface area contributed by atoms with E-state index in [9.17, 15) is 4.79 Å². The van der Waals surface area contributed by atoms with Crippen LogP contribution in [0.15, 0.2) is 28.8 Å². The van der Waals surface area contributed by atoms with Crippen LogP contribution in [0.5, 0.6) is 5.75 Å². The van der Waals surface area contributed by atoms with Gasteiger partial charge in [0.05, 0.1) is 7.11 Å². The number of carbonyl (C=O) groups excluding carboxylic acids is 1. The molecule has 25 heavy (non-hydrogen) atoms. The molecule has 0 bridgehead atoms. The van der Waals surface area contributed by atoms with Gasteiger partial charge in [-0.05, 0) is 38.1 Å². The first-order chi connectivity index (χ1) is 12.1. The molecule has 0 saturated carbocycles. The van der Waals surface area contributed by atoms with Crippen molar-refractivity contribution in [3.8, 4) is 17.1 Å². The predicted octanol–water partition coefficient (Wildman–Crippen LogP) is 1.89. The van der Waals surface area contributed by atoms with Gasteiger partial charge >= 0.3 is 0 Å². The molecule has 2 unspecified atom stereocenters. The zero-order valence-electron chi connectivity index (χ0n) is 14.9. The fraction of sp³-hybridized carbons (Fsp3) is 0.500. The summed E-state index contributed by atoms with van der Waals surface area (Å²) in [5.41, 5.74) is 0.853. The Kier molecular flexibility index (Phi) is 5.33. The third-order valence-electron chi connectivity index (χ3n) is 4.72. The number of aryl methyl sites for hydroxylation is 1. The second-order valence-corrected chi connectivity index (χ2v) is 6.31. The first-order valence-electron chi connectivity index (χ1n) is 8.58. The van der Waals surface area contributed by atoms with Crippen molar-refractivity contribution in [2.75, 3.05) is 20.2 Å². The van der Waals surface area contributed by atoms with Gasteiger partial charge in [-0.25, -0.2) is 0 Å². The summed E-state index contributed by atoms with van der Waals surface area (Å²) >= 11 is 0. The van der Waals surface area contributed by atoms with Gasteiger partial charge in [-0.1, -0.05) is 5.16 Å². The number of ether oxygens (including phenoxy) is 1. The van der Waals surface area contributed by atoms with Crippen LogP contribution in [0.3, 0.4) is 0 Å². The summed E-state index contributed by atoms with van der Waals surface area (Å²) in [7, 11) is 1.62. The molecule has 134 valence electrons. The number of amides is 1. The maximum atomic E-state index is 12.5. The lowest BCUT2D eigenvalue weighted by Gasteiger charge is -2.38. The normalized spacial score (nSPS) is 20.5. The average Bonchev–Trinajstić information content (AvgIpc) is 3.11. The van der Waals surface area contributed by atoms with Gasteiger partial charge in [-0.2, -0.15) is 4.98 Å². The van der Waals surface area contributed by atoms with Crippen LogP contribution in [-0.4, -0.2) is 53.2 Å². The quantitative estimate of drug-likeness (QED) is 0.892. The lowest BCUT2D eigenvalue weighted by molar-refractivity contribution is -0.134. The Labute approximate surface area is 147 Å². The number of aromatic nitrogens is 2. The standard InChI is InChI=1S/C18H24N4O3/c1-12-13(2)22(11-10-19-12)17(23)9-8-16-20-18(21-25-16)14-4-6-15(24-3)7-5-14/h4-7,12-13,19H,8-11H2,1-3H3. The highest BCUT2D eigenvalue weighted by atomic mass is 16.5. The van der Waals surface area contributed by atoms with Crippen molar-refractivity contribution < 1.29 is 14.1 Å². The highest BCUT2D eigenvalue weighted by Gasteiger charge is 2.27. The Morgan fingerprint density at radius 2 is 2.12 bits per heavy atom. The van der Waals surface area contributed by atoms with Crippen molar-refractivity contribution in [1.29, 1.82) is 0 Å². The van der Waals surface area contributed by atoms with Gasteiger partial charge < -0.3 is 19.5 Å². The molecular formula is C18H24N4O3. The molecular weight excluding hydrogens is 320 g/mol. The third kappa shape index (κ3) is 3.99. The third-order valence-corrected chi connectivity index (χ3v) is 4.72. The van der Waals surface area contributed by atoms with E-state index < -0.39 is 0 Å². The molecule has 1 aliphatic rings. The van der Waals surface area contributed by atoms with E-state index in [0.717, 1.165) is 24.4 Å². The predicted molar refractivity (Wildman–Crippen MR) is 93.2 cm³/mol. The van der Waals surface area contributed by atoms with E-state index in [-0.39, 0.29) is 11.9 Å². The smallest absolute Gasteiger partial charge is 0.227 e. The summed E-state index contributed by atoms with van der Waals surface area (Å²) in [5.74, 6) is 1.91. The van der Waals surface area contributed by atoms with Crippen LogP contribution in [0.4, 0.5) is 0 Å². The van der Waals surface area contributed by atoms with Crippen molar-refractivity contribution in [2.45, 2.75) is 38.8 Å². The monoisotopic (exact) mass is 344 g/mol. The molecule has 1 fully saturated rings. The molecule has 1 aromatic carbocycles. The van der Waals surface area contributed by atoms with Crippen molar-refractivity contribution in [3.63, 3.8) is 0 Å². The minimum Gasteiger partial charge on any atom is -0.497 e. The maximum Gasteiger partial charge on any atom is 0.227 e. The summed E-state index contributed by atoms with van der Waals surface area (Å²) in [6.45, 7) is 5.75. The van der Waals surface area contributed by atoms with Gasteiger partial charge in [-0.3, -0.25) is 4.79 Å². The number of nitrogens with one attached hydrogen (secondary N) is 1. The molecule has 7 heteroatoms. The first-order valence-corrected chi connectivity index (χ1v) is 8.58. The number of methoxy groups -OCH3 is 1. The minimum absolute atomic E-state index is 0.130. The molecule has 1 aliphatic heterocycles. The molecule has 2 heterocycles. The Morgan fingerprint density at radius 1 is 1.36 bits per heavy atom. The van der Waals surface area contributed by atoms with Crippen molar-refractivity contribution in [1.82, 2.24) is 20.4 Å². The molecule has 1 amide bonds. The SMILES string of the molecule is COc1ccc(-c2noc(CCC(=O)N3CCNC(C)C3C)n2)cc1. The number of piperazine rings is 1. The largest absolute Gasteiger partial charge is 0.497 e. The highest BCUT2D eigenvalue weighted by Crippen LogP contribution is 2.20. The van der Waals surface area contributed by atoms with Gasteiger partial charge in [0.1, 0.15) is 5.75 Å². The fourth-order valence-electron chi connectivity index (χ4n) is 2.98. The molecule has 2 atom stereocenters. The lowest BCUT2D eigenvalue weighted by atomic mass is 10.1. The fourth-order valence-corrected chi connectivity index (χ4v) is 2.98. The highest BCUT2D eigenvalue weighted by molar-refractivity contribution is 5.77.